The molecule has 2 rings (SSSR count). The van der Waals surface area contributed by atoms with Gasteiger partial charge in [-0.25, -0.2) is 0 Å². The maximum Gasteiger partial charge on any atom is 0.295 e. The molecule has 0 amide bonds. The highest BCUT2D eigenvalue weighted by atomic mass is 32.2. The van der Waals surface area contributed by atoms with Gasteiger partial charge in [-0.3, -0.25) is 9.11 Å². The van der Waals surface area contributed by atoms with Crippen LogP contribution in [0.25, 0.3) is 12.2 Å². The third-order valence-electron chi connectivity index (χ3n) is 3.55. The minimum atomic E-state index is -4.59. The fraction of sp³-hybridized carbons (Fsp3) is 0. The number of nitrogens with zero attached hydrogens (tertiary/aromatic N) is 2. The number of allylic oxidation sites excluding steroid dienone is 1. The molecule has 11 heteroatoms. The van der Waals surface area contributed by atoms with Crippen molar-refractivity contribution in [3.63, 3.8) is 0 Å². The Morgan fingerprint density at radius 3 is 2.03 bits per heavy atom. The summed E-state index contributed by atoms with van der Waals surface area (Å²) in [4.78, 5) is -0.706. The minimum Gasteiger partial charge on any atom is -0.360 e. The van der Waals surface area contributed by atoms with E-state index in [0.717, 1.165) is 12.3 Å². The van der Waals surface area contributed by atoms with Crippen molar-refractivity contribution in [2.24, 2.45) is 0 Å². The highest BCUT2D eigenvalue weighted by Gasteiger charge is 2.15. The standard InChI is InChI=1S/C18H13N3O6S2/c19-10-14(11-20)12-21-16-6-5-15(18(9-16)29(25,26)27)4-1-13-2-7-17(8-3-13)28(22,23)24/h1-9,12,21H,(H,22,23,24)(H,25,26,27). The molecule has 2 aromatic rings. The second-order valence-electron chi connectivity index (χ2n) is 5.53. The van der Waals surface area contributed by atoms with Crippen LogP contribution in [0.4, 0.5) is 5.69 Å². The van der Waals surface area contributed by atoms with Crippen LogP contribution in [-0.2, 0) is 20.2 Å². The van der Waals surface area contributed by atoms with E-state index in [9.17, 15) is 21.4 Å². The molecule has 0 aliphatic rings. The van der Waals surface area contributed by atoms with Gasteiger partial charge in [0.25, 0.3) is 20.2 Å². The summed E-state index contributed by atoms with van der Waals surface area (Å²) in [5.41, 5.74) is 0.643. The molecule has 0 aromatic heterocycles. The lowest BCUT2D eigenvalue weighted by Gasteiger charge is -2.07. The van der Waals surface area contributed by atoms with Crippen molar-refractivity contribution < 1.29 is 25.9 Å². The summed E-state index contributed by atoms with van der Waals surface area (Å²) in [5, 5.41) is 20.0. The van der Waals surface area contributed by atoms with Crippen molar-refractivity contribution in [2.75, 3.05) is 5.32 Å². The van der Waals surface area contributed by atoms with E-state index in [1.54, 1.807) is 12.1 Å². The van der Waals surface area contributed by atoms with Crippen LogP contribution in [0.1, 0.15) is 11.1 Å². The third kappa shape index (κ3) is 6.00. The Hall–Kier alpha value is -3.48. The first-order valence-electron chi connectivity index (χ1n) is 7.68. The number of hydrogen-bond donors (Lipinski definition) is 3. The molecule has 0 heterocycles. The normalized spacial score (nSPS) is 11.4. The lowest BCUT2D eigenvalue weighted by Crippen LogP contribution is -2.02. The molecule has 0 radical (unpaired) electrons. The molecule has 3 N–H and O–H groups in total. The van der Waals surface area contributed by atoms with Crippen molar-refractivity contribution in [1.29, 1.82) is 10.5 Å². The maximum atomic E-state index is 11.7. The number of rotatable bonds is 6. The van der Waals surface area contributed by atoms with E-state index >= 15 is 0 Å². The van der Waals surface area contributed by atoms with E-state index in [0.29, 0.717) is 5.56 Å². The predicted molar refractivity (Wildman–Crippen MR) is 104 cm³/mol. The lowest BCUT2D eigenvalue weighted by atomic mass is 10.1. The van der Waals surface area contributed by atoms with Crippen LogP contribution in [0.3, 0.4) is 0 Å². The van der Waals surface area contributed by atoms with Crippen LogP contribution in [0.2, 0.25) is 0 Å². The summed E-state index contributed by atoms with van der Waals surface area (Å²) in [5.74, 6) is 0. The molecule has 148 valence electrons. The fourth-order valence-electron chi connectivity index (χ4n) is 2.17. The molecule has 0 unspecified atom stereocenters. The van der Waals surface area contributed by atoms with Crippen LogP contribution in [0, 0.1) is 22.7 Å². The molecule has 0 aliphatic heterocycles. The average molecular weight is 431 g/mol. The van der Waals surface area contributed by atoms with E-state index in [-0.39, 0.29) is 21.7 Å². The molecule has 0 saturated carbocycles. The zero-order valence-electron chi connectivity index (χ0n) is 14.5. The minimum absolute atomic E-state index is 0.140. The number of nitrogens with one attached hydrogen (secondary N) is 1. The first-order valence-corrected chi connectivity index (χ1v) is 10.6. The smallest absolute Gasteiger partial charge is 0.295 e. The predicted octanol–water partition coefficient (Wildman–Crippen LogP) is 2.69. The zero-order chi connectivity index (χ0) is 21.7. The van der Waals surface area contributed by atoms with Crippen molar-refractivity contribution in [2.45, 2.75) is 9.79 Å². The van der Waals surface area contributed by atoms with Crippen molar-refractivity contribution in [3.05, 3.63) is 65.4 Å². The maximum absolute atomic E-state index is 11.7. The van der Waals surface area contributed by atoms with Crippen molar-refractivity contribution >= 4 is 38.1 Å². The summed E-state index contributed by atoms with van der Waals surface area (Å²) >= 11 is 0. The molecule has 0 spiro atoms. The Kier molecular flexibility index (Phi) is 6.53. The quantitative estimate of drug-likeness (QED) is 0.353. The topological polar surface area (TPSA) is 168 Å². The van der Waals surface area contributed by atoms with Gasteiger partial charge in [0, 0.05) is 11.9 Å². The van der Waals surface area contributed by atoms with E-state index in [1.165, 1.54) is 48.6 Å². The summed E-state index contributed by atoms with van der Waals surface area (Å²) in [6.07, 6.45) is 3.96. The van der Waals surface area contributed by atoms with E-state index in [2.05, 4.69) is 5.32 Å². The van der Waals surface area contributed by atoms with Gasteiger partial charge in [-0.15, -0.1) is 0 Å². The number of nitriles is 2. The van der Waals surface area contributed by atoms with Gasteiger partial charge >= 0.3 is 0 Å². The Balaban J connectivity index is 2.38. The lowest BCUT2D eigenvalue weighted by molar-refractivity contribution is 0.481. The van der Waals surface area contributed by atoms with Gasteiger partial charge in [0.1, 0.15) is 22.6 Å². The summed E-state index contributed by atoms with van der Waals surface area (Å²) < 4.78 is 63.9. The summed E-state index contributed by atoms with van der Waals surface area (Å²) in [6, 6.07) is 12.4. The zero-order valence-corrected chi connectivity index (χ0v) is 16.1. The van der Waals surface area contributed by atoms with Crippen LogP contribution < -0.4 is 5.32 Å². The highest BCUT2D eigenvalue weighted by Crippen LogP contribution is 2.23. The Bertz CT molecular complexity index is 1260. The van der Waals surface area contributed by atoms with Gasteiger partial charge in [0.2, 0.25) is 0 Å². The number of hydrogen-bond acceptors (Lipinski definition) is 7. The number of anilines is 1. The van der Waals surface area contributed by atoms with Gasteiger partial charge in [-0.2, -0.15) is 27.4 Å². The third-order valence-corrected chi connectivity index (χ3v) is 5.33. The largest absolute Gasteiger partial charge is 0.360 e. The van der Waals surface area contributed by atoms with E-state index in [4.69, 9.17) is 15.1 Å². The van der Waals surface area contributed by atoms with E-state index < -0.39 is 25.1 Å². The molecule has 9 nitrogen and oxygen atoms in total. The molecular formula is C18H13N3O6S2. The van der Waals surface area contributed by atoms with Crippen LogP contribution in [-0.4, -0.2) is 25.9 Å². The SMILES string of the molecule is N#CC(C#N)=CNc1ccc(C=Cc2ccc(S(=O)(=O)O)cc2)c(S(=O)(=O)O)c1. The van der Waals surface area contributed by atoms with Crippen LogP contribution >= 0.6 is 0 Å². The fourth-order valence-corrected chi connectivity index (χ4v) is 3.36. The monoisotopic (exact) mass is 431 g/mol. The molecule has 0 aliphatic carbocycles. The molecule has 29 heavy (non-hydrogen) atoms. The second-order valence-corrected chi connectivity index (χ2v) is 8.34. The van der Waals surface area contributed by atoms with Gasteiger partial charge in [0.15, 0.2) is 0 Å². The first kappa shape index (κ1) is 21.8. The summed E-state index contributed by atoms with van der Waals surface area (Å²) in [6.45, 7) is 0. The highest BCUT2D eigenvalue weighted by molar-refractivity contribution is 7.86. The van der Waals surface area contributed by atoms with Gasteiger partial charge in [-0.1, -0.05) is 30.4 Å². The van der Waals surface area contributed by atoms with E-state index in [1.807, 2.05) is 0 Å². The Morgan fingerprint density at radius 2 is 1.52 bits per heavy atom. The first-order chi connectivity index (χ1) is 13.5. The Morgan fingerprint density at radius 1 is 0.897 bits per heavy atom. The molecule has 2 aromatic carbocycles. The van der Waals surface area contributed by atoms with Gasteiger partial charge < -0.3 is 5.32 Å². The molecule has 0 fully saturated rings. The second kappa shape index (κ2) is 8.68. The van der Waals surface area contributed by atoms with Gasteiger partial charge in [-0.05, 0) is 35.4 Å². The Labute approximate surface area is 167 Å². The molecule has 0 bridgehead atoms. The summed E-state index contributed by atoms with van der Waals surface area (Å²) in [7, 11) is -8.91. The van der Waals surface area contributed by atoms with Crippen molar-refractivity contribution in [3.8, 4) is 12.1 Å². The molecular weight excluding hydrogens is 418 g/mol. The van der Waals surface area contributed by atoms with Crippen LogP contribution in [0.15, 0.2) is 64.0 Å². The van der Waals surface area contributed by atoms with Crippen molar-refractivity contribution in [1.82, 2.24) is 0 Å². The molecule has 0 saturated heterocycles. The average Bonchev–Trinajstić information content (AvgIpc) is 2.66. The van der Waals surface area contributed by atoms with Crippen LogP contribution in [0.5, 0.6) is 0 Å². The molecule has 0 atom stereocenters. The number of benzene rings is 2. The van der Waals surface area contributed by atoms with Gasteiger partial charge in [0.05, 0.1) is 4.90 Å².